The third-order valence-electron chi connectivity index (χ3n) is 9.11. The molecule has 1 unspecified atom stereocenters. The predicted molar refractivity (Wildman–Crippen MR) is 169 cm³/mol. The SMILES string of the molecule is CC(C)(C)CN1Cc2c(cc(Cl)c3[nH]ncc23)CC[C@@H](CC(=O)N2CCC(C3C(=O)c4ccccc4NS3(=O)=O)CC2)C1=O. The highest BCUT2D eigenvalue weighted by molar-refractivity contribution is 7.94. The molecule has 44 heavy (non-hydrogen) atoms. The Hall–Kier alpha value is -3.44. The summed E-state index contributed by atoms with van der Waals surface area (Å²) in [5, 5.41) is 7.46. The number of fused-ring (bicyclic) bond motifs is 4. The number of aromatic nitrogens is 2. The molecule has 2 amide bonds. The van der Waals surface area contributed by atoms with Gasteiger partial charge in [0.2, 0.25) is 21.8 Å². The van der Waals surface area contributed by atoms with Crippen LogP contribution >= 0.6 is 11.6 Å². The average molecular weight is 640 g/mol. The van der Waals surface area contributed by atoms with Gasteiger partial charge in [0.15, 0.2) is 5.78 Å². The molecule has 6 rings (SSSR count). The molecular formula is C32H38ClN5O5S. The molecule has 3 aromatic rings. The van der Waals surface area contributed by atoms with Gasteiger partial charge in [-0.2, -0.15) is 5.10 Å². The number of hydrogen-bond donors (Lipinski definition) is 2. The van der Waals surface area contributed by atoms with Gasteiger partial charge in [-0.25, -0.2) is 8.42 Å². The normalized spacial score (nSPS) is 22.6. The fourth-order valence-electron chi connectivity index (χ4n) is 7.02. The van der Waals surface area contributed by atoms with E-state index >= 15 is 0 Å². The van der Waals surface area contributed by atoms with E-state index in [2.05, 4.69) is 35.7 Å². The molecule has 2 aromatic carbocycles. The first kappa shape index (κ1) is 30.6. The third kappa shape index (κ3) is 5.83. The highest BCUT2D eigenvalue weighted by Crippen LogP contribution is 2.37. The molecule has 12 heteroatoms. The second-order valence-corrected chi connectivity index (χ2v) is 15.8. The van der Waals surface area contributed by atoms with Crippen molar-refractivity contribution in [2.45, 2.75) is 64.7 Å². The predicted octanol–water partition coefficient (Wildman–Crippen LogP) is 4.79. The largest absolute Gasteiger partial charge is 0.343 e. The van der Waals surface area contributed by atoms with Gasteiger partial charge in [-0.3, -0.25) is 24.2 Å². The second kappa shape index (κ2) is 11.5. The molecule has 0 aliphatic carbocycles. The summed E-state index contributed by atoms with van der Waals surface area (Å²) in [4.78, 5) is 44.4. The summed E-state index contributed by atoms with van der Waals surface area (Å²) in [6.45, 7) is 7.89. The zero-order chi connectivity index (χ0) is 31.4. The van der Waals surface area contributed by atoms with Crippen molar-refractivity contribution in [1.82, 2.24) is 20.0 Å². The summed E-state index contributed by atoms with van der Waals surface area (Å²) < 4.78 is 28.7. The van der Waals surface area contributed by atoms with Gasteiger partial charge in [-0.05, 0) is 66.3 Å². The lowest BCUT2D eigenvalue weighted by atomic mass is 9.86. The Bertz CT molecular complexity index is 1740. The highest BCUT2D eigenvalue weighted by atomic mass is 35.5. The topological polar surface area (TPSA) is 133 Å². The number of piperidine rings is 1. The van der Waals surface area contributed by atoms with Crippen LogP contribution in [0.3, 0.4) is 0 Å². The van der Waals surface area contributed by atoms with Crippen LogP contribution in [0, 0.1) is 17.3 Å². The molecule has 4 heterocycles. The van der Waals surface area contributed by atoms with Crippen molar-refractivity contribution < 1.29 is 22.8 Å². The van der Waals surface area contributed by atoms with Gasteiger partial charge in [-0.1, -0.05) is 44.5 Å². The molecule has 3 aliphatic heterocycles. The molecule has 1 fully saturated rings. The standard InChI is InChI=1S/C32H38ClN5O5S/c1-32(2,3)18-38-17-24-20(14-25(33)28-23(24)16-34-35-28)8-9-21(31(38)41)15-27(39)37-12-10-19(11-13-37)30-29(40)22-6-4-5-7-26(22)36-44(30,42)43/h4-7,14,16,19,21,30,36H,8-13,15,17-18H2,1-3H3,(H,34,35)/t21-,30?/m0/s1. The number of nitrogens with one attached hydrogen (secondary N) is 2. The number of hydrogen-bond acceptors (Lipinski definition) is 6. The van der Waals surface area contributed by atoms with E-state index in [1.807, 2.05) is 11.0 Å². The van der Waals surface area contributed by atoms with Crippen LogP contribution in [0.1, 0.15) is 67.9 Å². The minimum absolute atomic E-state index is 0.0379. The minimum atomic E-state index is -3.89. The monoisotopic (exact) mass is 639 g/mol. The molecule has 234 valence electrons. The molecule has 0 spiro atoms. The Kier molecular flexibility index (Phi) is 7.98. The number of aromatic amines is 1. The number of nitrogens with zero attached hydrogens (tertiary/aromatic N) is 3. The van der Waals surface area contributed by atoms with E-state index in [4.69, 9.17) is 11.6 Å². The Labute approximate surface area is 262 Å². The zero-order valence-electron chi connectivity index (χ0n) is 25.2. The smallest absolute Gasteiger partial charge is 0.243 e. The highest BCUT2D eigenvalue weighted by Gasteiger charge is 2.45. The number of ketones is 1. The zero-order valence-corrected chi connectivity index (χ0v) is 26.8. The van der Waals surface area contributed by atoms with Gasteiger partial charge in [0.05, 0.1) is 22.4 Å². The first-order valence-corrected chi connectivity index (χ1v) is 17.1. The van der Waals surface area contributed by atoms with Gasteiger partial charge in [0.25, 0.3) is 0 Å². The van der Waals surface area contributed by atoms with E-state index in [9.17, 15) is 22.8 Å². The van der Waals surface area contributed by atoms with E-state index in [0.717, 1.165) is 22.0 Å². The maximum absolute atomic E-state index is 14.0. The number of sulfonamides is 1. The first-order chi connectivity index (χ1) is 20.8. The number of carbonyl (C=O) groups excluding carboxylic acids is 3. The Morgan fingerprint density at radius 1 is 1.11 bits per heavy atom. The lowest BCUT2D eigenvalue weighted by molar-refractivity contribution is -0.143. The molecule has 10 nitrogen and oxygen atoms in total. The number of halogens is 1. The van der Waals surface area contributed by atoms with Gasteiger partial charge >= 0.3 is 0 Å². The number of likely N-dealkylation sites (tertiary alicyclic amines) is 1. The lowest BCUT2D eigenvalue weighted by Crippen LogP contribution is -2.49. The van der Waals surface area contributed by atoms with Crippen LogP contribution in [-0.4, -0.2) is 70.9 Å². The van der Waals surface area contributed by atoms with Crippen molar-refractivity contribution in [3.63, 3.8) is 0 Å². The van der Waals surface area contributed by atoms with E-state index in [1.165, 1.54) is 0 Å². The summed E-state index contributed by atoms with van der Waals surface area (Å²) >= 11 is 6.57. The van der Waals surface area contributed by atoms with Crippen LogP contribution in [0.15, 0.2) is 36.5 Å². The Balaban J connectivity index is 1.17. The van der Waals surface area contributed by atoms with Crippen molar-refractivity contribution in [2.24, 2.45) is 17.3 Å². The number of carbonyl (C=O) groups is 3. The van der Waals surface area contributed by atoms with Gasteiger partial charge in [0, 0.05) is 49.5 Å². The van der Waals surface area contributed by atoms with Crippen LogP contribution < -0.4 is 4.72 Å². The molecule has 0 radical (unpaired) electrons. The number of Topliss-reactive ketones (excluding diaryl/α,β-unsaturated/α-hetero) is 1. The quantitative estimate of drug-likeness (QED) is 0.422. The first-order valence-electron chi connectivity index (χ1n) is 15.2. The number of amides is 2. The molecule has 3 aliphatic rings. The Morgan fingerprint density at radius 2 is 1.84 bits per heavy atom. The number of benzene rings is 2. The molecule has 1 saturated heterocycles. The van der Waals surface area contributed by atoms with Crippen LogP contribution in [0.4, 0.5) is 5.69 Å². The second-order valence-electron chi connectivity index (χ2n) is 13.5. The maximum Gasteiger partial charge on any atom is 0.243 e. The van der Waals surface area contributed by atoms with Crippen LogP contribution in [0.5, 0.6) is 0 Å². The molecule has 0 bridgehead atoms. The van der Waals surface area contributed by atoms with Gasteiger partial charge in [-0.15, -0.1) is 0 Å². The molecule has 0 saturated carbocycles. The van der Waals surface area contributed by atoms with E-state index in [-0.39, 0.29) is 23.7 Å². The minimum Gasteiger partial charge on any atom is -0.343 e. The van der Waals surface area contributed by atoms with Crippen molar-refractivity contribution in [1.29, 1.82) is 0 Å². The van der Waals surface area contributed by atoms with Crippen molar-refractivity contribution in [3.8, 4) is 0 Å². The third-order valence-corrected chi connectivity index (χ3v) is 11.2. The van der Waals surface area contributed by atoms with Crippen LogP contribution in [0.25, 0.3) is 10.9 Å². The molecule has 2 atom stereocenters. The van der Waals surface area contributed by atoms with Crippen molar-refractivity contribution in [3.05, 3.63) is 58.2 Å². The number of rotatable bonds is 4. The van der Waals surface area contributed by atoms with E-state index < -0.39 is 32.9 Å². The fourth-order valence-corrected chi connectivity index (χ4v) is 9.10. The summed E-state index contributed by atoms with van der Waals surface area (Å²) in [5.41, 5.74) is 3.38. The van der Waals surface area contributed by atoms with Crippen molar-refractivity contribution in [2.75, 3.05) is 24.4 Å². The number of para-hydroxylation sites is 1. The van der Waals surface area contributed by atoms with Gasteiger partial charge < -0.3 is 9.80 Å². The van der Waals surface area contributed by atoms with Crippen LogP contribution in [-0.2, 0) is 32.6 Å². The number of H-pyrrole nitrogens is 1. The lowest BCUT2D eigenvalue weighted by Gasteiger charge is -2.38. The average Bonchev–Trinajstić information content (AvgIpc) is 3.45. The molecule has 2 N–H and O–H groups in total. The van der Waals surface area contributed by atoms with Crippen molar-refractivity contribution >= 4 is 55.8 Å². The molecular weight excluding hydrogens is 602 g/mol. The van der Waals surface area contributed by atoms with Crippen LogP contribution in [0.2, 0.25) is 5.02 Å². The van der Waals surface area contributed by atoms with Gasteiger partial charge in [0.1, 0.15) is 5.25 Å². The fraction of sp³-hybridized carbons (Fsp3) is 0.500. The summed E-state index contributed by atoms with van der Waals surface area (Å²) in [6.07, 6.45) is 3.75. The summed E-state index contributed by atoms with van der Waals surface area (Å²) in [7, 11) is -3.89. The van der Waals surface area contributed by atoms with E-state index in [0.29, 0.717) is 68.1 Å². The maximum atomic E-state index is 14.0. The summed E-state index contributed by atoms with van der Waals surface area (Å²) in [5.74, 6) is -1.44. The Morgan fingerprint density at radius 3 is 2.57 bits per heavy atom. The number of anilines is 1. The number of aryl methyl sites for hydroxylation is 1. The molecule has 1 aromatic heterocycles. The summed E-state index contributed by atoms with van der Waals surface area (Å²) in [6, 6.07) is 8.59. The van der Waals surface area contributed by atoms with E-state index in [1.54, 1.807) is 35.4 Å².